The highest BCUT2D eigenvalue weighted by atomic mass is 19.4. The van der Waals surface area contributed by atoms with Gasteiger partial charge in [0.05, 0.1) is 5.41 Å². The lowest BCUT2D eigenvalue weighted by atomic mass is 9.36. The van der Waals surface area contributed by atoms with Crippen LogP contribution in [0.1, 0.15) is 33.6 Å². The molecular weight excluding hydrogens is 275 g/mol. The summed E-state index contributed by atoms with van der Waals surface area (Å²) in [5.41, 5.74) is 4.21. The van der Waals surface area contributed by atoms with Gasteiger partial charge in [0.1, 0.15) is 6.10 Å². The average Bonchev–Trinajstić information content (AvgIpc) is 2.28. The molecule has 0 aromatic heterocycles. The molecule has 0 saturated heterocycles. The number of esters is 1. The Morgan fingerprint density at radius 3 is 2.25 bits per heavy atom. The number of ether oxygens (including phenoxy) is 1. The number of nitrogens with two attached hydrogens (primary N) is 1. The standard InChI is InChI=1S/C13H18F3NO3/c1-6-8(20-10(19)13(14,15)16)4-7-5-12(6,9(17)18)11(7,2)3/h6-8H,4-5H2,1-3H3,(H2,17,18)/t6-,7+,8+,12-/m1/s1. The van der Waals surface area contributed by atoms with Gasteiger partial charge in [-0.15, -0.1) is 0 Å². The fourth-order valence-electron chi connectivity index (χ4n) is 4.09. The second-order valence-electron chi connectivity index (χ2n) is 6.42. The topological polar surface area (TPSA) is 69.4 Å². The average molecular weight is 293 g/mol. The second-order valence-corrected chi connectivity index (χ2v) is 6.42. The van der Waals surface area contributed by atoms with Crippen molar-refractivity contribution in [1.82, 2.24) is 0 Å². The van der Waals surface area contributed by atoms with Crippen LogP contribution < -0.4 is 5.73 Å². The normalized spacial score (nSPS) is 38.8. The van der Waals surface area contributed by atoms with Crippen molar-refractivity contribution < 1.29 is 27.5 Å². The third kappa shape index (κ3) is 1.74. The van der Waals surface area contributed by atoms with Crippen LogP contribution in [0.3, 0.4) is 0 Å². The van der Waals surface area contributed by atoms with Crippen molar-refractivity contribution in [2.75, 3.05) is 0 Å². The van der Waals surface area contributed by atoms with Gasteiger partial charge in [-0.25, -0.2) is 4.79 Å². The van der Waals surface area contributed by atoms with E-state index in [1.54, 1.807) is 6.92 Å². The minimum absolute atomic E-state index is 0.0391. The van der Waals surface area contributed by atoms with E-state index < -0.39 is 35.5 Å². The minimum Gasteiger partial charge on any atom is -0.455 e. The van der Waals surface area contributed by atoms with Gasteiger partial charge in [0.2, 0.25) is 5.91 Å². The lowest BCUT2D eigenvalue weighted by molar-refractivity contribution is -0.247. The molecule has 3 fully saturated rings. The van der Waals surface area contributed by atoms with Crippen LogP contribution in [0.4, 0.5) is 13.2 Å². The van der Waals surface area contributed by atoms with Gasteiger partial charge in [0.25, 0.3) is 0 Å². The van der Waals surface area contributed by atoms with Crippen LogP contribution in [0.25, 0.3) is 0 Å². The van der Waals surface area contributed by atoms with Crippen LogP contribution >= 0.6 is 0 Å². The lowest BCUT2D eigenvalue weighted by Crippen LogP contribution is -2.70. The van der Waals surface area contributed by atoms with E-state index in [9.17, 15) is 22.8 Å². The summed E-state index contributed by atoms with van der Waals surface area (Å²) in [7, 11) is 0. The molecule has 114 valence electrons. The van der Waals surface area contributed by atoms with Crippen LogP contribution in [-0.2, 0) is 14.3 Å². The molecule has 3 aliphatic carbocycles. The summed E-state index contributed by atoms with van der Waals surface area (Å²) >= 11 is 0. The zero-order valence-electron chi connectivity index (χ0n) is 11.6. The van der Waals surface area contributed by atoms with E-state index in [1.165, 1.54) is 0 Å². The van der Waals surface area contributed by atoms with Crippen molar-refractivity contribution in [1.29, 1.82) is 0 Å². The summed E-state index contributed by atoms with van der Waals surface area (Å²) in [6, 6.07) is 0. The van der Waals surface area contributed by atoms with Crippen LogP contribution in [0.5, 0.6) is 0 Å². The third-order valence-corrected chi connectivity index (χ3v) is 5.52. The van der Waals surface area contributed by atoms with E-state index >= 15 is 0 Å². The molecule has 0 heterocycles. The van der Waals surface area contributed by atoms with Crippen LogP contribution in [0.15, 0.2) is 0 Å². The van der Waals surface area contributed by atoms with E-state index in [2.05, 4.69) is 4.74 Å². The predicted molar refractivity (Wildman–Crippen MR) is 63.2 cm³/mol. The molecule has 3 rings (SSSR count). The first kappa shape index (κ1) is 15.1. The van der Waals surface area contributed by atoms with Gasteiger partial charge < -0.3 is 10.5 Å². The molecule has 0 radical (unpaired) electrons. The molecule has 4 nitrogen and oxygen atoms in total. The number of alkyl halides is 3. The Balaban J connectivity index is 2.22. The third-order valence-electron chi connectivity index (χ3n) is 5.52. The van der Waals surface area contributed by atoms with E-state index in [4.69, 9.17) is 5.73 Å². The highest BCUT2D eigenvalue weighted by molar-refractivity contribution is 5.84. The highest BCUT2D eigenvalue weighted by Gasteiger charge is 2.71. The van der Waals surface area contributed by atoms with E-state index in [0.29, 0.717) is 12.8 Å². The summed E-state index contributed by atoms with van der Waals surface area (Å²) in [5.74, 6) is -3.21. The molecule has 20 heavy (non-hydrogen) atoms. The van der Waals surface area contributed by atoms with Crippen molar-refractivity contribution >= 4 is 11.9 Å². The summed E-state index contributed by atoms with van der Waals surface area (Å²) in [4.78, 5) is 22.8. The molecule has 2 N–H and O–H groups in total. The Bertz CT molecular complexity index is 460. The first-order chi connectivity index (χ1) is 8.94. The Morgan fingerprint density at radius 1 is 1.30 bits per heavy atom. The van der Waals surface area contributed by atoms with Gasteiger partial charge in [-0.3, -0.25) is 4.79 Å². The first-order valence-electron chi connectivity index (χ1n) is 6.52. The molecule has 0 aliphatic heterocycles. The van der Waals surface area contributed by atoms with Gasteiger partial charge in [-0.05, 0) is 24.2 Å². The molecule has 3 saturated carbocycles. The maximum Gasteiger partial charge on any atom is 0.490 e. The van der Waals surface area contributed by atoms with Crippen LogP contribution in [-0.4, -0.2) is 24.2 Å². The van der Waals surface area contributed by atoms with Crippen molar-refractivity contribution in [3.05, 3.63) is 0 Å². The molecule has 4 atom stereocenters. The summed E-state index contributed by atoms with van der Waals surface area (Å²) < 4.78 is 41.4. The number of halogens is 3. The largest absolute Gasteiger partial charge is 0.490 e. The summed E-state index contributed by atoms with van der Waals surface area (Å²) in [5, 5.41) is 0. The van der Waals surface area contributed by atoms with Crippen molar-refractivity contribution in [3.63, 3.8) is 0 Å². The van der Waals surface area contributed by atoms with Crippen LogP contribution in [0.2, 0.25) is 0 Å². The maximum atomic E-state index is 12.3. The molecule has 0 unspecified atom stereocenters. The predicted octanol–water partition coefficient (Wildman–Crippen LogP) is 2.02. The minimum atomic E-state index is -5.02. The molecule has 1 amide bonds. The highest BCUT2D eigenvalue weighted by Crippen LogP contribution is 2.70. The Morgan fingerprint density at radius 2 is 1.85 bits per heavy atom. The van der Waals surface area contributed by atoms with E-state index in [-0.39, 0.29) is 11.3 Å². The quantitative estimate of drug-likeness (QED) is 0.792. The number of amides is 1. The molecule has 2 bridgehead atoms. The number of rotatable bonds is 2. The molecule has 3 aliphatic rings. The Kier molecular flexibility index (Phi) is 3.11. The lowest BCUT2D eigenvalue weighted by Gasteiger charge is -2.68. The smallest absolute Gasteiger partial charge is 0.455 e. The van der Waals surface area contributed by atoms with Crippen molar-refractivity contribution in [3.8, 4) is 0 Å². The number of hydrogen-bond donors (Lipinski definition) is 1. The maximum absolute atomic E-state index is 12.3. The molecule has 0 aromatic rings. The van der Waals surface area contributed by atoms with Gasteiger partial charge in [-0.1, -0.05) is 20.8 Å². The monoisotopic (exact) mass is 293 g/mol. The second kappa shape index (κ2) is 4.11. The number of carbonyl (C=O) groups excluding carboxylic acids is 2. The zero-order chi connectivity index (χ0) is 15.5. The van der Waals surface area contributed by atoms with Gasteiger partial charge in [0, 0.05) is 5.92 Å². The van der Waals surface area contributed by atoms with Crippen molar-refractivity contribution in [2.45, 2.75) is 45.9 Å². The number of hydrogen-bond acceptors (Lipinski definition) is 3. The van der Waals surface area contributed by atoms with Gasteiger partial charge in [0.15, 0.2) is 0 Å². The fourth-order valence-corrected chi connectivity index (χ4v) is 4.09. The molecule has 7 heteroatoms. The molecule has 0 spiro atoms. The Labute approximate surface area is 114 Å². The molecule has 0 aromatic carbocycles. The van der Waals surface area contributed by atoms with Gasteiger partial charge >= 0.3 is 12.1 Å². The number of carbonyl (C=O) groups is 2. The first-order valence-corrected chi connectivity index (χ1v) is 6.52. The van der Waals surface area contributed by atoms with E-state index in [1.807, 2.05) is 13.8 Å². The Hall–Kier alpha value is -1.27. The fraction of sp³-hybridized carbons (Fsp3) is 0.846. The van der Waals surface area contributed by atoms with Crippen LogP contribution in [0, 0.1) is 22.7 Å². The summed E-state index contributed by atoms with van der Waals surface area (Å²) in [6.45, 7) is 5.42. The molecular formula is C13H18F3NO3. The number of primary amides is 1. The van der Waals surface area contributed by atoms with Gasteiger partial charge in [-0.2, -0.15) is 13.2 Å². The number of fused-ring (bicyclic) bond motifs is 2. The summed E-state index contributed by atoms with van der Waals surface area (Å²) in [6.07, 6.45) is -5.04. The zero-order valence-corrected chi connectivity index (χ0v) is 11.6. The SMILES string of the molecule is C[C@@H]1[C@@H](OC(=O)C(F)(F)F)C[C@H]2C[C@@]1(C(N)=O)C2(C)C. The van der Waals surface area contributed by atoms with E-state index in [0.717, 1.165) is 0 Å². The van der Waals surface area contributed by atoms with Crippen molar-refractivity contribution in [2.24, 2.45) is 28.4 Å².